The number of nitrogens with zero attached hydrogens (tertiary/aromatic N) is 4. The van der Waals surface area contributed by atoms with E-state index in [4.69, 9.17) is 14.5 Å². The summed E-state index contributed by atoms with van der Waals surface area (Å²) >= 11 is 0. The maximum atomic E-state index is 12.6. The van der Waals surface area contributed by atoms with E-state index in [0.717, 1.165) is 0 Å². The Bertz CT molecular complexity index is 957. The number of amides is 1. The number of benzene rings is 2. The highest BCUT2D eigenvalue weighted by molar-refractivity contribution is 5.94. The lowest BCUT2D eigenvalue weighted by atomic mass is 10.2. The van der Waals surface area contributed by atoms with Crippen LogP contribution in [0.4, 0.5) is 0 Å². The van der Waals surface area contributed by atoms with Crippen molar-refractivity contribution >= 4 is 5.91 Å². The Morgan fingerprint density at radius 2 is 2.00 bits per heavy atom. The third-order valence-corrected chi connectivity index (χ3v) is 3.60. The first-order valence-electron chi connectivity index (χ1n) is 7.88. The van der Waals surface area contributed by atoms with Gasteiger partial charge < -0.3 is 14.2 Å². The summed E-state index contributed by atoms with van der Waals surface area (Å²) in [6, 6.07) is 15.7. The Hall–Kier alpha value is -3.66. The highest BCUT2D eigenvalue weighted by atomic mass is 16.5. The molecular formula is C19H16N4O3. The van der Waals surface area contributed by atoms with Crippen LogP contribution in [0.2, 0.25) is 0 Å². The standard InChI is InChI=1S/C19H16N4O3/c1-13-21-18(22-26-13)12-23(2)19(24)15-4-3-5-17(10-15)25-16-8-6-14(11-20)7-9-16/h3-10H,12H2,1-2H3. The van der Waals surface area contributed by atoms with Gasteiger partial charge in [0.1, 0.15) is 11.5 Å². The van der Waals surface area contributed by atoms with Crippen LogP contribution in [0.25, 0.3) is 0 Å². The average molecular weight is 348 g/mol. The third kappa shape index (κ3) is 4.05. The molecule has 26 heavy (non-hydrogen) atoms. The van der Waals surface area contributed by atoms with E-state index in [1.807, 2.05) is 0 Å². The Morgan fingerprint density at radius 1 is 1.23 bits per heavy atom. The topological polar surface area (TPSA) is 92.2 Å². The van der Waals surface area contributed by atoms with Gasteiger partial charge in [0, 0.05) is 19.5 Å². The third-order valence-electron chi connectivity index (χ3n) is 3.60. The zero-order valence-corrected chi connectivity index (χ0v) is 14.3. The van der Waals surface area contributed by atoms with Crippen molar-refractivity contribution in [3.8, 4) is 17.6 Å². The van der Waals surface area contributed by atoms with E-state index < -0.39 is 0 Å². The minimum atomic E-state index is -0.183. The van der Waals surface area contributed by atoms with E-state index in [1.165, 1.54) is 4.90 Å². The summed E-state index contributed by atoms with van der Waals surface area (Å²) in [5.74, 6) is 1.84. The molecule has 0 aliphatic rings. The number of aryl methyl sites for hydroxylation is 1. The summed E-state index contributed by atoms with van der Waals surface area (Å²) in [5, 5.41) is 12.6. The van der Waals surface area contributed by atoms with Gasteiger partial charge >= 0.3 is 0 Å². The number of hydrogen-bond donors (Lipinski definition) is 0. The van der Waals surface area contributed by atoms with Crippen LogP contribution in [0.3, 0.4) is 0 Å². The van der Waals surface area contributed by atoms with Crippen molar-refractivity contribution < 1.29 is 14.1 Å². The van der Waals surface area contributed by atoms with E-state index >= 15 is 0 Å². The minimum Gasteiger partial charge on any atom is -0.457 e. The molecule has 3 rings (SSSR count). The largest absolute Gasteiger partial charge is 0.457 e. The molecule has 0 bridgehead atoms. The van der Waals surface area contributed by atoms with Crippen LogP contribution in [0.15, 0.2) is 53.1 Å². The van der Waals surface area contributed by atoms with E-state index in [0.29, 0.717) is 34.3 Å². The van der Waals surface area contributed by atoms with Crippen molar-refractivity contribution in [2.75, 3.05) is 7.05 Å². The molecule has 0 N–H and O–H groups in total. The normalized spacial score (nSPS) is 10.2. The van der Waals surface area contributed by atoms with Gasteiger partial charge in [0.2, 0.25) is 5.89 Å². The van der Waals surface area contributed by atoms with Crippen molar-refractivity contribution in [1.29, 1.82) is 5.26 Å². The first-order chi connectivity index (χ1) is 12.5. The monoisotopic (exact) mass is 348 g/mol. The molecule has 2 aromatic carbocycles. The number of carbonyl (C=O) groups excluding carboxylic acids is 1. The Balaban J connectivity index is 1.71. The molecule has 0 fully saturated rings. The molecule has 7 heteroatoms. The van der Waals surface area contributed by atoms with Crippen LogP contribution in [-0.4, -0.2) is 28.0 Å². The number of aromatic nitrogens is 2. The Labute approximate surface area is 150 Å². The lowest BCUT2D eigenvalue weighted by molar-refractivity contribution is 0.0780. The molecule has 0 saturated heterocycles. The van der Waals surface area contributed by atoms with Gasteiger partial charge in [0.15, 0.2) is 5.82 Å². The van der Waals surface area contributed by atoms with Gasteiger partial charge in [0.25, 0.3) is 5.91 Å². The van der Waals surface area contributed by atoms with Gasteiger partial charge in [-0.05, 0) is 42.5 Å². The zero-order chi connectivity index (χ0) is 18.5. The molecule has 1 amide bonds. The van der Waals surface area contributed by atoms with Crippen molar-refractivity contribution in [3.63, 3.8) is 0 Å². The molecule has 130 valence electrons. The van der Waals surface area contributed by atoms with Crippen LogP contribution in [0.1, 0.15) is 27.6 Å². The number of carbonyl (C=O) groups is 1. The van der Waals surface area contributed by atoms with Crippen molar-refractivity contribution in [1.82, 2.24) is 15.0 Å². The lowest BCUT2D eigenvalue weighted by Crippen LogP contribution is -2.26. The molecule has 0 spiro atoms. The maximum Gasteiger partial charge on any atom is 0.254 e. The summed E-state index contributed by atoms with van der Waals surface area (Å²) in [4.78, 5) is 18.2. The van der Waals surface area contributed by atoms with Crippen LogP contribution >= 0.6 is 0 Å². The second-order valence-electron chi connectivity index (χ2n) is 5.66. The summed E-state index contributed by atoms with van der Waals surface area (Å²) in [6.45, 7) is 1.94. The van der Waals surface area contributed by atoms with Gasteiger partial charge in [-0.3, -0.25) is 4.79 Å². The smallest absolute Gasteiger partial charge is 0.254 e. The first kappa shape index (κ1) is 17.2. The molecule has 1 aromatic heterocycles. The van der Waals surface area contributed by atoms with E-state index in [-0.39, 0.29) is 12.5 Å². The fourth-order valence-corrected chi connectivity index (χ4v) is 2.34. The predicted octanol–water partition coefficient (Wildman–Crippen LogP) is 3.31. The molecule has 0 aliphatic carbocycles. The summed E-state index contributed by atoms with van der Waals surface area (Å²) in [7, 11) is 1.67. The number of rotatable bonds is 5. The van der Waals surface area contributed by atoms with Crippen LogP contribution in [0.5, 0.6) is 11.5 Å². The van der Waals surface area contributed by atoms with Gasteiger partial charge in [-0.2, -0.15) is 10.2 Å². The van der Waals surface area contributed by atoms with Crippen molar-refractivity contribution in [2.24, 2.45) is 0 Å². The molecule has 7 nitrogen and oxygen atoms in total. The molecular weight excluding hydrogens is 332 g/mol. The molecule has 0 unspecified atom stereocenters. The predicted molar refractivity (Wildman–Crippen MR) is 92.5 cm³/mol. The van der Waals surface area contributed by atoms with E-state index in [9.17, 15) is 4.79 Å². The molecule has 0 atom stereocenters. The van der Waals surface area contributed by atoms with Crippen molar-refractivity contribution in [2.45, 2.75) is 13.5 Å². The van der Waals surface area contributed by atoms with Crippen molar-refractivity contribution in [3.05, 3.63) is 71.4 Å². The summed E-state index contributed by atoms with van der Waals surface area (Å²) in [6.07, 6.45) is 0. The molecule has 0 radical (unpaired) electrons. The second-order valence-corrected chi connectivity index (χ2v) is 5.66. The molecule has 0 aliphatic heterocycles. The van der Waals surface area contributed by atoms with Gasteiger partial charge in [-0.1, -0.05) is 11.2 Å². The highest BCUT2D eigenvalue weighted by Crippen LogP contribution is 2.23. The van der Waals surface area contributed by atoms with E-state index in [1.54, 1.807) is 62.5 Å². The summed E-state index contributed by atoms with van der Waals surface area (Å²) < 4.78 is 10.7. The number of ether oxygens (including phenoxy) is 1. The van der Waals surface area contributed by atoms with Crippen LogP contribution < -0.4 is 4.74 Å². The fourth-order valence-electron chi connectivity index (χ4n) is 2.34. The number of nitriles is 1. The van der Waals surface area contributed by atoms with Crippen LogP contribution in [-0.2, 0) is 6.54 Å². The zero-order valence-electron chi connectivity index (χ0n) is 14.3. The second kappa shape index (κ2) is 7.49. The first-order valence-corrected chi connectivity index (χ1v) is 7.88. The molecule has 3 aromatic rings. The quantitative estimate of drug-likeness (QED) is 0.702. The minimum absolute atomic E-state index is 0.183. The molecule has 1 heterocycles. The van der Waals surface area contributed by atoms with Gasteiger partial charge in [-0.15, -0.1) is 0 Å². The summed E-state index contributed by atoms with van der Waals surface area (Å²) in [5.41, 5.74) is 1.04. The van der Waals surface area contributed by atoms with Gasteiger partial charge in [-0.25, -0.2) is 0 Å². The fraction of sp³-hybridized carbons (Fsp3) is 0.158. The van der Waals surface area contributed by atoms with Gasteiger partial charge in [0.05, 0.1) is 18.2 Å². The molecule has 0 saturated carbocycles. The van der Waals surface area contributed by atoms with E-state index in [2.05, 4.69) is 16.2 Å². The SMILES string of the molecule is Cc1nc(CN(C)C(=O)c2cccc(Oc3ccc(C#N)cc3)c2)no1. The lowest BCUT2D eigenvalue weighted by Gasteiger charge is -2.15. The van der Waals surface area contributed by atoms with Crippen LogP contribution in [0, 0.1) is 18.3 Å². The number of hydrogen-bond acceptors (Lipinski definition) is 6. The maximum absolute atomic E-state index is 12.6. The highest BCUT2D eigenvalue weighted by Gasteiger charge is 2.15. The Kier molecular flexibility index (Phi) is 4.94. The Morgan fingerprint density at radius 3 is 2.65 bits per heavy atom. The average Bonchev–Trinajstić information content (AvgIpc) is 3.06.